The number of hydrogen-bond acceptors (Lipinski definition) is 3. The van der Waals surface area contributed by atoms with Gasteiger partial charge in [0.25, 0.3) is 0 Å². The predicted molar refractivity (Wildman–Crippen MR) is 79.4 cm³/mol. The number of carbonyl (C=O) groups excluding carboxylic acids is 1. The molecule has 0 spiro atoms. The molecule has 0 radical (unpaired) electrons. The second-order valence-electron chi connectivity index (χ2n) is 5.19. The lowest BCUT2D eigenvalue weighted by atomic mass is 9.82. The number of aryl methyl sites for hydroxylation is 1. The molecule has 0 saturated carbocycles. The minimum absolute atomic E-state index is 0.282. The van der Waals surface area contributed by atoms with Gasteiger partial charge in [0.1, 0.15) is 5.75 Å². The summed E-state index contributed by atoms with van der Waals surface area (Å²) in [4.78, 5) is 23.7. The van der Waals surface area contributed by atoms with Gasteiger partial charge in [-0.05, 0) is 37.5 Å². The summed E-state index contributed by atoms with van der Waals surface area (Å²) in [5, 5.41) is 12.0. The van der Waals surface area contributed by atoms with Crippen molar-refractivity contribution in [2.75, 3.05) is 12.4 Å². The smallest absolute Gasteiger partial charge is 0.307 e. The van der Waals surface area contributed by atoms with Crippen molar-refractivity contribution in [3.63, 3.8) is 0 Å². The van der Waals surface area contributed by atoms with Gasteiger partial charge in [0, 0.05) is 0 Å². The molecule has 21 heavy (non-hydrogen) atoms. The summed E-state index contributed by atoms with van der Waals surface area (Å²) in [6.45, 7) is 1.92. The van der Waals surface area contributed by atoms with E-state index in [1.165, 1.54) is 7.11 Å². The number of hydrogen-bond donors (Lipinski definition) is 2. The quantitative estimate of drug-likeness (QED) is 0.835. The molecule has 0 bridgehead atoms. The number of rotatable bonds is 4. The van der Waals surface area contributed by atoms with E-state index in [0.29, 0.717) is 24.3 Å². The first-order valence-corrected chi connectivity index (χ1v) is 6.86. The molecule has 1 aromatic rings. The number of amides is 1. The molecule has 0 aromatic heterocycles. The summed E-state index contributed by atoms with van der Waals surface area (Å²) in [6.07, 6.45) is 4.50. The second-order valence-corrected chi connectivity index (χ2v) is 5.19. The number of carboxylic acids is 1. The van der Waals surface area contributed by atoms with Crippen LogP contribution in [0.2, 0.25) is 0 Å². The molecule has 2 N–H and O–H groups in total. The van der Waals surface area contributed by atoms with Crippen molar-refractivity contribution >= 4 is 17.6 Å². The Bertz CT molecular complexity index is 580. The van der Waals surface area contributed by atoms with E-state index in [4.69, 9.17) is 4.74 Å². The van der Waals surface area contributed by atoms with Gasteiger partial charge in [0.15, 0.2) is 0 Å². The third kappa shape index (κ3) is 3.42. The molecule has 0 saturated heterocycles. The van der Waals surface area contributed by atoms with Crippen LogP contribution in [-0.2, 0) is 9.59 Å². The van der Waals surface area contributed by atoms with Gasteiger partial charge >= 0.3 is 5.97 Å². The van der Waals surface area contributed by atoms with Gasteiger partial charge < -0.3 is 15.2 Å². The Balaban J connectivity index is 2.19. The van der Waals surface area contributed by atoms with Crippen LogP contribution in [0.4, 0.5) is 5.69 Å². The van der Waals surface area contributed by atoms with Gasteiger partial charge in [-0.15, -0.1) is 0 Å². The van der Waals surface area contributed by atoms with E-state index in [2.05, 4.69) is 5.32 Å². The number of methoxy groups -OCH3 is 1. The number of carbonyl (C=O) groups is 2. The molecular weight excluding hydrogens is 270 g/mol. The Morgan fingerprint density at radius 3 is 2.52 bits per heavy atom. The van der Waals surface area contributed by atoms with E-state index >= 15 is 0 Å². The first-order valence-electron chi connectivity index (χ1n) is 6.86. The number of anilines is 1. The summed E-state index contributed by atoms with van der Waals surface area (Å²) in [5.41, 5.74) is 1.56. The Morgan fingerprint density at radius 2 is 1.90 bits per heavy atom. The van der Waals surface area contributed by atoms with Crippen molar-refractivity contribution in [2.24, 2.45) is 11.8 Å². The zero-order valence-corrected chi connectivity index (χ0v) is 12.1. The van der Waals surface area contributed by atoms with Crippen LogP contribution in [0.25, 0.3) is 0 Å². The van der Waals surface area contributed by atoms with Crippen molar-refractivity contribution in [3.05, 3.63) is 35.9 Å². The van der Waals surface area contributed by atoms with Crippen molar-refractivity contribution in [1.29, 1.82) is 0 Å². The molecule has 0 unspecified atom stereocenters. The monoisotopic (exact) mass is 289 g/mol. The fourth-order valence-corrected chi connectivity index (χ4v) is 2.52. The van der Waals surface area contributed by atoms with Crippen molar-refractivity contribution in [3.8, 4) is 5.75 Å². The normalized spacial score (nSPS) is 20.9. The summed E-state index contributed by atoms with van der Waals surface area (Å²) < 4.78 is 5.22. The number of allylic oxidation sites excluding steroid dienone is 2. The Labute approximate surface area is 123 Å². The fourth-order valence-electron chi connectivity index (χ4n) is 2.52. The molecule has 1 amide bonds. The van der Waals surface area contributed by atoms with Crippen LogP contribution >= 0.6 is 0 Å². The van der Waals surface area contributed by atoms with Crippen LogP contribution in [-0.4, -0.2) is 24.1 Å². The average Bonchev–Trinajstić information content (AvgIpc) is 2.47. The van der Waals surface area contributed by atoms with Crippen LogP contribution < -0.4 is 10.1 Å². The Hall–Kier alpha value is -2.30. The van der Waals surface area contributed by atoms with E-state index < -0.39 is 17.8 Å². The lowest BCUT2D eigenvalue weighted by molar-refractivity contribution is -0.146. The lowest BCUT2D eigenvalue weighted by Gasteiger charge is -2.24. The molecule has 0 aliphatic heterocycles. The number of nitrogens with one attached hydrogen (secondary N) is 1. The molecule has 1 aliphatic rings. The maximum atomic E-state index is 12.4. The van der Waals surface area contributed by atoms with Gasteiger partial charge in [0.2, 0.25) is 5.91 Å². The third-order valence-electron chi connectivity index (χ3n) is 3.70. The van der Waals surface area contributed by atoms with Crippen molar-refractivity contribution in [1.82, 2.24) is 0 Å². The molecular formula is C16H19NO4. The fraction of sp³-hybridized carbons (Fsp3) is 0.375. The van der Waals surface area contributed by atoms with Crippen molar-refractivity contribution < 1.29 is 19.4 Å². The number of benzene rings is 1. The number of carboxylic acid groups (broad SMARTS) is 1. The predicted octanol–water partition coefficient (Wildman–Crippen LogP) is 2.61. The Morgan fingerprint density at radius 1 is 1.24 bits per heavy atom. The Kier molecular flexibility index (Phi) is 4.62. The maximum Gasteiger partial charge on any atom is 0.307 e. The summed E-state index contributed by atoms with van der Waals surface area (Å²) >= 11 is 0. The van der Waals surface area contributed by atoms with Crippen LogP contribution in [0.1, 0.15) is 18.4 Å². The first-order chi connectivity index (χ1) is 10.0. The van der Waals surface area contributed by atoms with Crippen LogP contribution in [0.15, 0.2) is 30.4 Å². The highest BCUT2D eigenvalue weighted by atomic mass is 16.5. The second kappa shape index (κ2) is 6.43. The molecule has 2 atom stereocenters. The van der Waals surface area contributed by atoms with E-state index in [1.807, 2.05) is 31.2 Å². The summed E-state index contributed by atoms with van der Waals surface area (Å²) in [5.74, 6) is -1.89. The standard InChI is InChI=1S/C16H19NO4/c1-10-7-8-14(21-2)13(9-10)17-15(18)11-5-3-4-6-12(11)16(19)20/h3-4,7-9,11-12H,5-6H2,1-2H3,(H,17,18)(H,19,20)/t11-,12+/m0/s1. The van der Waals surface area contributed by atoms with Crippen LogP contribution in [0.5, 0.6) is 5.75 Å². The summed E-state index contributed by atoms with van der Waals surface area (Å²) in [6, 6.07) is 5.48. The molecule has 0 heterocycles. The van der Waals surface area contributed by atoms with Crippen LogP contribution in [0, 0.1) is 18.8 Å². The highest BCUT2D eigenvalue weighted by Gasteiger charge is 2.34. The molecule has 2 rings (SSSR count). The van der Waals surface area contributed by atoms with Crippen molar-refractivity contribution in [2.45, 2.75) is 19.8 Å². The third-order valence-corrected chi connectivity index (χ3v) is 3.70. The van der Waals surface area contributed by atoms with E-state index in [0.717, 1.165) is 5.56 Å². The zero-order valence-electron chi connectivity index (χ0n) is 12.1. The van der Waals surface area contributed by atoms with E-state index in [-0.39, 0.29) is 5.91 Å². The maximum absolute atomic E-state index is 12.4. The zero-order chi connectivity index (χ0) is 15.4. The highest BCUT2D eigenvalue weighted by Crippen LogP contribution is 2.30. The van der Waals surface area contributed by atoms with Gasteiger partial charge in [-0.25, -0.2) is 0 Å². The largest absolute Gasteiger partial charge is 0.495 e. The van der Waals surface area contributed by atoms with Gasteiger partial charge in [0.05, 0.1) is 24.6 Å². The average molecular weight is 289 g/mol. The minimum Gasteiger partial charge on any atom is -0.495 e. The topological polar surface area (TPSA) is 75.6 Å². The molecule has 1 aliphatic carbocycles. The molecule has 1 aromatic carbocycles. The lowest BCUT2D eigenvalue weighted by Crippen LogP contribution is -2.34. The van der Waals surface area contributed by atoms with Crippen LogP contribution in [0.3, 0.4) is 0 Å². The first kappa shape index (κ1) is 15.1. The number of ether oxygens (including phenoxy) is 1. The number of aliphatic carboxylic acids is 1. The van der Waals surface area contributed by atoms with E-state index in [1.54, 1.807) is 6.07 Å². The van der Waals surface area contributed by atoms with Gasteiger partial charge in [-0.2, -0.15) is 0 Å². The highest BCUT2D eigenvalue weighted by molar-refractivity contribution is 5.96. The van der Waals surface area contributed by atoms with Gasteiger partial charge in [-0.3, -0.25) is 9.59 Å². The minimum atomic E-state index is -0.935. The summed E-state index contributed by atoms with van der Waals surface area (Å²) in [7, 11) is 1.53. The van der Waals surface area contributed by atoms with Gasteiger partial charge in [-0.1, -0.05) is 18.2 Å². The molecule has 0 fully saturated rings. The SMILES string of the molecule is COc1ccc(C)cc1NC(=O)[C@H]1CC=CC[C@H]1C(=O)O. The van der Waals surface area contributed by atoms with E-state index in [9.17, 15) is 14.7 Å². The molecule has 112 valence electrons. The molecule has 5 heteroatoms. The molecule has 5 nitrogen and oxygen atoms in total.